The summed E-state index contributed by atoms with van der Waals surface area (Å²) in [6, 6.07) is 0.782. The predicted molar refractivity (Wildman–Crippen MR) is 51.8 cm³/mol. The van der Waals surface area contributed by atoms with Crippen LogP contribution in [0.5, 0.6) is 0 Å². The molecular weight excluding hydrogens is 134 g/mol. The van der Waals surface area contributed by atoms with Crippen LogP contribution in [0.15, 0.2) is 0 Å². The Kier molecular flexibility index (Phi) is 5.57. The second kappa shape index (κ2) is 5.59. The van der Waals surface area contributed by atoms with Gasteiger partial charge in [0.2, 0.25) is 0 Å². The highest BCUT2D eigenvalue weighted by Gasteiger charge is 2.17. The van der Waals surface area contributed by atoms with Gasteiger partial charge < -0.3 is 4.90 Å². The second-order valence-electron chi connectivity index (χ2n) is 3.52. The molecule has 0 N–H and O–H groups in total. The van der Waals surface area contributed by atoms with Crippen molar-refractivity contribution in [3.63, 3.8) is 0 Å². The van der Waals surface area contributed by atoms with Crippen LogP contribution in [0.1, 0.15) is 40.0 Å². The molecule has 0 spiro atoms. The molecule has 1 heteroatoms. The van der Waals surface area contributed by atoms with E-state index in [1.54, 1.807) is 0 Å². The van der Waals surface area contributed by atoms with Crippen LogP contribution in [0, 0.1) is 5.92 Å². The largest absolute Gasteiger partial charge is 0.306 e. The fourth-order valence-corrected chi connectivity index (χ4v) is 1.95. The Morgan fingerprint density at radius 2 is 1.36 bits per heavy atom. The van der Waals surface area contributed by atoms with Crippen molar-refractivity contribution in [1.29, 1.82) is 0 Å². The molecule has 11 heavy (non-hydrogen) atoms. The summed E-state index contributed by atoms with van der Waals surface area (Å²) in [7, 11) is 4.37. The molecule has 0 fully saturated rings. The van der Waals surface area contributed by atoms with Crippen LogP contribution < -0.4 is 0 Å². The van der Waals surface area contributed by atoms with Crippen molar-refractivity contribution in [3.8, 4) is 0 Å². The smallest absolute Gasteiger partial charge is 0.0115 e. The predicted octanol–water partition coefficient (Wildman–Crippen LogP) is 2.76. The number of nitrogens with zero attached hydrogens (tertiary/aromatic N) is 1. The van der Waals surface area contributed by atoms with Crippen LogP contribution in [0.3, 0.4) is 0 Å². The van der Waals surface area contributed by atoms with Crippen molar-refractivity contribution in [2.24, 2.45) is 5.92 Å². The van der Waals surface area contributed by atoms with Crippen molar-refractivity contribution in [1.82, 2.24) is 4.90 Å². The van der Waals surface area contributed by atoms with E-state index >= 15 is 0 Å². The third-order valence-corrected chi connectivity index (χ3v) is 2.67. The fraction of sp³-hybridized carbons (Fsp3) is 1.00. The maximum Gasteiger partial charge on any atom is 0.0115 e. The minimum atomic E-state index is 0.782. The Hall–Kier alpha value is -0.0400. The SMILES string of the molecule is CCC(CC)C(CC)N(C)C. The normalized spacial score (nSPS) is 14.5. The molecule has 0 radical (unpaired) electrons. The van der Waals surface area contributed by atoms with Crippen molar-refractivity contribution in [2.75, 3.05) is 14.1 Å². The molecular formula is C10H23N. The standard InChI is InChI=1S/C10H23N/c1-6-9(7-2)10(8-3)11(4)5/h9-10H,6-8H2,1-5H3. The molecule has 0 aliphatic heterocycles. The van der Waals surface area contributed by atoms with E-state index < -0.39 is 0 Å². The number of rotatable bonds is 5. The van der Waals surface area contributed by atoms with Crippen LogP contribution in [0.2, 0.25) is 0 Å². The highest BCUT2D eigenvalue weighted by molar-refractivity contribution is 4.72. The summed E-state index contributed by atoms with van der Waals surface area (Å²) in [5, 5.41) is 0. The van der Waals surface area contributed by atoms with Crippen LogP contribution in [-0.2, 0) is 0 Å². The number of hydrogen-bond acceptors (Lipinski definition) is 1. The first-order valence-electron chi connectivity index (χ1n) is 4.83. The maximum absolute atomic E-state index is 2.36. The van der Waals surface area contributed by atoms with Gasteiger partial charge in [0.05, 0.1) is 0 Å². The van der Waals surface area contributed by atoms with Gasteiger partial charge in [-0.15, -0.1) is 0 Å². The summed E-state index contributed by atoms with van der Waals surface area (Å²) in [6.45, 7) is 6.86. The summed E-state index contributed by atoms with van der Waals surface area (Å²) in [4.78, 5) is 2.36. The molecule has 0 aromatic rings. The molecule has 1 unspecified atom stereocenters. The highest BCUT2D eigenvalue weighted by atomic mass is 15.1. The molecule has 0 heterocycles. The average molecular weight is 157 g/mol. The zero-order valence-corrected chi connectivity index (χ0v) is 8.72. The van der Waals surface area contributed by atoms with E-state index in [4.69, 9.17) is 0 Å². The van der Waals surface area contributed by atoms with Crippen LogP contribution in [-0.4, -0.2) is 25.0 Å². The Balaban J connectivity index is 3.98. The first-order valence-corrected chi connectivity index (χ1v) is 4.83. The monoisotopic (exact) mass is 157 g/mol. The van der Waals surface area contributed by atoms with Crippen LogP contribution in [0.4, 0.5) is 0 Å². The Morgan fingerprint density at radius 3 is 1.45 bits per heavy atom. The van der Waals surface area contributed by atoms with Gasteiger partial charge in [-0.05, 0) is 26.4 Å². The topological polar surface area (TPSA) is 3.24 Å². The van der Waals surface area contributed by atoms with Gasteiger partial charge in [-0.2, -0.15) is 0 Å². The molecule has 0 aromatic heterocycles. The van der Waals surface area contributed by atoms with Crippen LogP contribution in [0.25, 0.3) is 0 Å². The van der Waals surface area contributed by atoms with Gasteiger partial charge in [0.15, 0.2) is 0 Å². The Bertz CT molecular complexity index is 84.9. The third-order valence-electron chi connectivity index (χ3n) is 2.67. The summed E-state index contributed by atoms with van der Waals surface area (Å²) >= 11 is 0. The molecule has 0 bridgehead atoms. The van der Waals surface area contributed by atoms with E-state index in [2.05, 4.69) is 39.8 Å². The van der Waals surface area contributed by atoms with Gasteiger partial charge in [0, 0.05) is 6.04 Å². The first kappa shape index (κ1) is 11.0. The van der Waals surface area contributed by atoms with Crippen molar-refractivity contribution >= 4 is 0 Å². The van der Waals surface area contributed by atoms with Gasteiger partial charge in [0.25, 0.3) is 0 Å². The zero-order chi connectivity index (χ0) is 8.85. The van der Waals surface area contributed by atoms with E-state index in [0.29, 0.717) is 0 Å². The molecule has 0 aliphatic rings. The zero-order valence-electron chi connectivity index (χ0n) is 8.72. The lowest BCUT2D eigenvalue weighted by Gasteiger charge is -2.30. The van der Waals surface area contributed by atoms with Crippen molar-refractivity contribution < 1.29 is 0 Å². The molecule has 0 rings (SSSR count). The molecule has 0 aromatic carbocycles. The lowest BCUT2D eigenvalue weighted by atomic mass is 9.92. The average Bonchev–Trinajstić information content (AvgIpc) is 1.99. The molecule has 0 saturated heterocycles. The lowest BCUT2D eigenvalue weighted by Crippen LogP contribution is -2.34. The second-order valence-corrected chi connectivity index (χ2v) is 3.52. The maximum atomic E-state index is 2.36. The summed E-state index contributed by atoms with van der Waals surface area (Å²) in [5.74, 6) is 0.884. The molecule has 1 nitrogen and oxygen atoms in total. The van der Waals surface area contributed by atoms with Gasteiger partial charge in [-0.1, -0.05) is 33.6 Å². The van der Waals surface area contributed by atoms with Crippen molar-refractivity contribution in [2.45, 2.75) is 46.1 Å². The van der Waals surface area contributed by atoms with E-state index in [9.17, 15) is 0 Å². The number of hydrogen-bond donors (Lipinski definition) is 0. The van der Waals surface area contributed by atoms with E-state index in [0.717, 1.165) is 12.0 Å². The van der Waals surface area contributed by atoms with E-state index in [1.807, 2.05) is 0 Å². The lowest BCUT2D eigenvalue weighted by molar-refractivity contribution is 0.194. The van der Waals surface area contributed by atoms with Gasteiger partial charge in [-0.25, -0.2) is 0 Å². The minimum Gasteiger partial charge on any atom is -0.306 e. The quantitative estimate of drug-likeness (QED) is 0.593. The molecule has 68 valence electrons. The van der Waals surface area contributed by atoms with Gasteiger partial charge in [0.1, 0.15) is 0 Å². The Morgan fingerprint density at radius 1 is 0.909 bits per heavy atom. The van der Waals surface area contributed by atoms with Crippen LogP contribution >= 0.6 is 0 Å². The summed E-state index contributed by atoms with van der Waals surface area (Å²) in [6.07, 6.45) is 3.90. The third kappa shape index (κ3) is 3.24. The molecule has 1 atom stereocenters. The minimum absolute atomic E-state index is 0.782. The fourth-order valence-electron chi connectivity index (χ4n) is 1.95. The molecule has 0 aliphatic carbocycles. The Labute approximate surface area is 71.8 Å². The first-order chi connectivity index (χ1) is 5.17. The summed E-state index contributed by atoms with van der Waals surface area (Å²) in [5.41, 5.74) is 0. The van der Waals surface area contributed by atoms with E-state index in [-0.39, 0.29) is 0 Å². The van der Waals surface area contributed by atoms with Gasteiger partial charge >= 0.3 is 0 Å². The summed E-state index contributed by atoms with van der Waals surface area (Å²) < 4.78 is 0. The highest BCUT2D eigenvalue weighted by Crippen LogP contribution is 2.18. The van der Waals surface area contributed by atoms with Gasteiger partial charge in [-0.3, -0.25) is 0 Å². The van der Waals surface area contributed by atoms with E-state index in [1.165, 1.54) is 19.3 Å². The van der Waals surface area contributed by atoms with Crippen molar-refractivity contribution in [3.05, 3.63) is 0 Å². The molecule has 0 saturated carbocycles. The molecule has 0 amide bonds.